The quantitative estimate of drug-likeness (QED) is 0.862. The second kappa shape index (κ2) is 7.71. The fraction of sp³-hybridized carbons (Fsp3) is 0.278. The SMILES string of the molecule is CCc1cccc(CC(=O)NCc2ccc(F)c(CO)c2)c1. The van der Waals surface area contributed by atoms with E-state index in [1.54, 1.807) is 12.1 Å². The number of aliphatic hydroxyl groups is 1. The predicted octanol–water partition coefficient (Wildman–Crippen LogP) is 2.74. The first-order chi connectivity index (χ1) is 10.6. The number of aryl methyl sites for hydroxylation is 1. The fourth-order valence-corrected chi connectivity index (χ4v) is 2.27. The van der Waals surface area contributed by atoms with Gasteiger partial charge in [-0.3, -0.25) is 4.79 Å². The van der Waals surface area contributed by atoms with E-state index < -0.39 is 5.82 Å². The van der Waals surface area contributed by atoms with Gasteiger partial charge in [-0.05, 0) is 35.2 Å². The lowest BCUT2D eigenvalue weighted by Gasteiger charge is -2.08. The highest BCUT2D eigenvalue weighted by molar-refractivity contribution is 5.78. The van der Waals surface area contributed by atoms with E-state index in [4.69, 9.17) is 5.11 Å². The second-order valence-corrected chi connectivity index (χ2v) is 5.21. The van der Waals surface area contributed by atoms with Gasteiger partial charge in [-0.15, -0.1) is 0 Å². The number of rotatable bonds is 6. The zero-order chi connectivity index (χ0) is 15.9. The molecule has 22 heavy (non-hydrogen) atoms. The lowest BCUT2D eigenvalue weighted by molar-refractivity contribution is -0.120. The molecule has 4 heteroatoms. The van der Waals surface area contributed by atoms with Crippen LogP contribution in [-0.4, -0.2) is 11.0 Å². The minimum absolute atomic E-state index is 0.0804. The molecule has 0 saturated heterocycles. The first-order valence-electron chi connectivity index (χ1n) is 7.35. The molecule has 0 saturated carbocycles. The second-order valence-electron chi connectivity index (χ2n) is 5.21. The first-order valence-corrected chi connectivity index (χ1v) is 7.35. The molecular weight excluding hydrogens is 281 g/mol. The van der Waals surface area contributed by atoms with Crippen LogP contribution in [0, 0.1) is 5.82 Å². The maximum atomic E-state index is 13.3. The Bertz CT molecular complexity index is 655. The minimum atomic E-state index is -0.436. The van der Waals surface area contributed by atoms with Gasteiger partial charge >= 0.3 is 0 Å². The van der Waals surface area contributed by atoms with Crippen LogP contribution in [0.5, 0.6) is 0 Å². The highest BCUT2D eigenvalue weighted by Gasteiger charge is 2.06. The van der Waals surface area contributed by atoms with Crippen molar-refractivity contribution in [2.45, 2.75) is 32.9 Å². The van der Waals surface area contributed by atoms with Crippen LogP contribution < -0.4 is 5.32 Å². The number of hydrogen-bond acceptors (Lipinski definition) is 2. The van der Waals surface area contributed by atoms with E-state index in [2.05, 4.69) is 12.2 Å². The lowest BCUT2D eigenvalue weighted by atomic mass is 10.1. The molecule has 0 heterocycles. The maximum Gasteiger partial charge on any atom is 0.224 e. The van der Waals surface area contributed by atoms with E-state index in [1.807, 2.05) is 24.3 Å². The summed E-state index contributed by atoms with van der Waals surface area (Å²) in [5.74, 6) is -0.517. The standard InChI is InChI=1S/C18H20FNO2/c1-2-13-4-3-5-14(8-13)10-18(22)20-11-15-6-7-17(19)16(9-15)12-21/h3-9,21H,2,10-12H2,1H3,(H,20,22). The number of halogens is 1. The van der Waals surface area contributed by atoms with E-state index in [9.17, 15) is 9.18 Å². The topological polar surface area (TPSA) is 49.3 Å². The van der Waals surface area contributed by atoms with Crippen LogP contribution in [0.1, 0.15) is 29.2 Å². The zero-order valence-corrected chi connectivity index (χ0v) is 12.6. The number of benzene rings is 2. The highest BCUT2D eigenvalue weighted by atomic mass is 19.1. The van der Waals surface area contributed by atoms with E-state index in [0.29, 0.717) is 13.0 Å². The van der Waals surface area contributed by atoms with E-state index >= 15 is 0 Å². The van der Waals surface area contributed by atoms with Crippen LogP contribution in [0.15, 0.2) is 42.5 Å². The summed E-state index contributed by atoms with van der Waals surface area (Å²) >= 11 is 0. The summed E-state index contributed by atoms with van der Waals surface area (Å²) in [7, 11) is 0. The minimum Gasteiger partial charge on any atom is -0.392 e. The Morgan fingerprint density at radius 1 is 1.14 bits per heavy atom. The van der Waals surface area contributed by atoms with Gasteiger partial charge in [0.15, 0.2) is 0 Å². The van der Waals surface area contributed by atoms with Gasteiger partial charge < -0.3 is 10.4 Å². The summed E-state index contributed by atoms with van der Waals surface area (Å²) in [4.78, 5) is 12.0. The average Bonchev–Trinajstić information content (AvgIpc) is 2.54. The van der Waals surface area contributed by atoms with Gasteiger partial charge in [-0.25, -0.2) is 4.39 Å². The Hall–Kier alpha value is -2.20. The molecule has 0 radical (unpaired) electrons. The number of aliphatic hydroxyl groups excluding tert-OH is 1. The third kappa shape index (κ3) is 4.40. The summed E-state index contributed by atoms with van der Waals surface area (Å²) in [5, 5.41) is 11.8. The van der Waals surface area contributed by atoms with Gasteiger partial charge in [-0.1, -0.05) is 37.3 Å². The smallest absolute Gasteiger partial charge is 0.224 e. The van der Waals surface area contributed by atoms with Gasteiger partial charge in [0, 0.05) is 12.1 Å². The van der Waals surface area contributed by atoms with Crippen LogP contribution in [0.2, 0.25) is 0 Å². The third-order valence-corrected chi connectivity index (χ3v) is 3.53. The van der Waals surface area contributed by atoms with Crippen molar-refractivity contribution in [2.24, 2.45) is 0 Å². The molecule has 3 nitrogen and oxygen atoms in total. The summed E-state index contributed by atoms with van der Waals surface area (Å²) in [6.07, 6.45) is 1.26. The first kappa shape index (κ1) is 16.2. The van der Waals surface area contributed by atoms with E-state index in [0.717, 1.165) is 17.5 Å². The Balaban J connectivity index is 1.92. The van der Waals surface area contributed by atoms with Crippen molar-refractivity contribution in [3.05, 3.63) is 70.5 Å². The molecule has 116 valence electrons. The van der Waals surface area contributed by atoms with Gasteiger partial charge in [-0.2, -0.15) is 0 Å². The van der Waals surface area contributed by atoms with E-state index in [1.165, 1.54) is 11.6 Å². The molecule has 2 aromatic rings. The Morgan fingerprint density at radius 3 is 2.64 bits per heavy atom. The molecule has 0 unspecified atom stereocenters. The normalized spacial score (nSPS) is 10.5. The molecule has 2 rings (SSSR count). The van der Waals surface area contributed by atoms with Crippen molar-refractivity contribution < 1.29 is 14.3 Å². The van der Waals surface area contributed by atoms with Crippen molar-refractivity contribution in [1.29, 1.82) is 0 Å². The number of amides is 1. The van der Waals surface area contributed by atoms with Gasteiger partial charge in [0.2, 0.25) is 5.91 Å². The lowest BCUT2D eigenvalue weighted by Crippen LogP contribution is -2.24. The van der Waals surface area contributed by atoms with Crippen LogP contribution in [0.4, 0.5) is 4.39 Å². The highest BCUT2D eigenvalue weighted by Crippen LogP contribution is 2.11. The predicted molar refractivity (Wildman–Crippen MR) is 83.7 cm³/mol. The molecule has 0 aromatic heterocycles. The van der Waals surface area contributed by atoms with Crippen molar-refractivity contribution in [3.8, 4) is 0 Å². The fourth-order valence-electron chi connectivity index (χ4n) is 2.27. The number of carbonyl (C=O) groups is 1. The molecule has 0 aliphatic carbocycles. The monoisotopic (exact) mass is 301 g/mol. The molecule has 0 spiro atoms. The maximum absolute atomic E-state index is 13.3. The molecule has 0 fully saturated rings. The molecular formula is C18H20FNO2. The Labute approximate surface area is 129 Å². The van der Waals surface area contributed by atoms with Crippen molar-refractivity contribution in [2.75, 3.05) is 0 Å². The zero-order valence-electron chi connectivity index (χ0n) is 12.6. The molecule has 0 aliphatic heterocycles. The summed E-state index contributed by atoms with van der Waals surface area (Å²) in [6, 6.07) is 12.4. The molecule has 1 amide bonds. The molecule has 0 bridgehead atoms. The van der Waals surface area contributed by atoms with Gasteiger partial charge in [0.25, 0.3) is 0 Å². The number of nitrogens with one attached hydrogen (secondary N) is 1. The van der Waals surface area contributed by atoms with Crippen molar-refractivity contribution in [1.82, 2.24) is 5.32 Å². The Kier molecular flexibility index (Phi) is 5.67. The van der Waals surface area contributed by atoms with Crippen LogP contribution >= 0.6 is 0 Å². The van der Waals surface area contributed by atoms with Crippen LogP contribution in [0.25, 0.3) is 0 Å². The largest absolute Gasteiger partial charge is 0.392 e. The third-order valence-electron chi connectivity index (χ3n) is 3.53. The molecule has 0 aliphatic rings. The van der Waals surface area contributed by atoms with Crippen molar-refractivity contribution >= 4 is 5.91 Å². The molecule has 0 atom stereocenters. The summed E-state index contributed by atoms with van der Waals surface area (Å²) < 4.78 is 13.3. The van der Waals surface area contributed by atoms with Crippen LogP contribution in [0.3, 0.4) is 0 Å². The number of hydrogen-bond donors (Lipinski definition) is 2. The van der Waals surface area contributed by atoms with Gasteiger partial charge in [0.1, 0.15) is 5.82 Å². The van der Waals surface area contributed by atoms with Gasteiger partial charge in [0.05, 0.1) is 13.0 Å². The molecule has 2 aromatic carbocycles. The van der Waals surface area contributed by atoms with E-state index in [-0.39, 0.29) is 18.1 Å². The van der Waals surface area contributed by atoms with Crippen molar-refractivity contribution in [3.63, 3.8) is 0 Å². The Morgan fingerprint density at radius 2 is 1.91 bits per heavy atom. The van der Waals surface area contributed by atoms with Crippen LogP contribution in [-0.2, 0) is 30.8 Å². The molecule has 2 N–H and O–H groups in total. The summed E-state index contributed by atoms with van der Waals surface area (Å²) in [5.41, 5.74) is 3.19. The average molecular weight is 301 g/mol. The number of carbonyl (C=O) groups excluding carboxylic acids is 1. The summed E-state index contributed by atoms with van der Waals surface area (Å²) in [6.45, 7) is 2.05.